The standard InChI is InChI=1S/C9H16NO.3C9H16N.C8H18NO.C7H13N2.C7H16NO.C6H14N2O/c1-4-5-10(2,3)8-6-9(11)7-8;2*1-4-7-10(3)8-6-9(10)5-2;1-3-7-10(2)8-5-4-6-9-10;1-8(10)6-5-7-9(2,3)4;1-3-6-9(2)7-4-5-8-9;1-8(2,3)6-4-5-7(6)9;1-8(2,3)5-4-7-6-9/h1,8-9,11H,5-7H2,2-3H3;2*2,9H,4,6-8H2,1,3H3;1H,4-9H2,2H3;5-7H2,1-4H3;1,8H,4-7H2,2H3;6-7,9H,4-5H2,1-3H3;6H,4-5H2,1-3H3/q7*+1;/p+1/t;2*9-,10?;;;;6-,7+;/m.10...0./s1. The molecule has 78 heavy (non-hydrogen) atoms. The van der Waals surface area contributed by atoms with Gasteiger partial charge in [-0.3, -0.25) is 4.79 Å². The lowest BCUT2D eigenvalue weighted by Crippen LogP contribution is -2.62. The van der Waals surface area contributed by atoms with Crippen LogP contribution in [0.5, 0.6) is 0 Å². The lowest BCUT2D eigenvalue weighted by atomic mass is 9.87. The number of terminal acetylenes is 5. The molecule has 0 radical (unpaired) electrons. The van der Waals surface area contributed by atoms with Crippen molar-refractivity contribution in [1.29, 1.82) is 0 Å². The van der Waals surface area contributed by atoms with Crippen LogP contribution >= 0.6 is 0 Å². The number of likely N-dealkylation sites (N-methyl/N-ethyl adjacent to an activating group) is 2. The highest BCUT2D eigenvalue weighted by molar-refractivity contribution is 5.75. The predicted molar refractivity (Wildman–Crippen MR) is 329 cm³/mol. The molecule has 4 heterocycles. The molecule has 14 heteroatoms. The number of rotatable bonds is 17. The summed E-state index contributed by atoms with van der Waals surface area (Å²) in [5.74, 6) is 14.1. The second kappa shape index (κ2) is 37.5. The first-order valence-electron chi connectivity index (χ1n) is 29.7. The Kier molecular flexibility index (Phi) is 36.8. The summed E-state index contributed by atoms with van der Waals surface area (Å²) < 4.78 is 7.80. The molecule has 0 aromatic rings. The van der Waals surface area contributed by atoms with Crippen LogP contribution in [0.4, 0.5) is 0 Å². The van der Waals surface area contributed by atoms with Crippen LogP contribution in [0, 0.1) is 61.7 Å². The molecule has 2 aliphatic carbocycles. The Balaban J connectivity index is 0. The quantitative estimate of drug-likeness (QED) is 0.0737. The molecule has 4 aliphatic heterocycles. The molecule has 448 valence electrons. The minimum absolute atomic E-state index is 0.0370. The maximum Gasteiger partial charge on any atom is 0.207 e. The van der Waals surface area contributed by atoms with Crippen molar-refractivity contribution in [2.24, 2.45) is 0 Å². The Morgan fingerprint density at radius 1 is 0.667 bits per heavy atom. The van der Waals surface area contributed by atoms with Crippen LogP contribution in [0.15, 0.2) is 0 Å². The Morgan fingerprint density at radius 2 is 1.17 bits per heavy atom. The minimum Gasteiger partial charge on any atom is -0.393 e. The summed E-state index contributed by atoms with van der Waals surface area (Å²) in [5.41, 5.74) is 3.33. The summed E-state index contributed by atoms with van der Waals surface area (Å²) in [6, 6.07) is 2.09. The largest absolute Gasteiger partial charge is 0.393 e. The van der Waals surface area contributed by atoms with Gasteiger partial charge in [-0.2, -0.15) is 5.43 Å². The van der Waals surface area contributed by atoms with E-state index in [0.717, 1.165) is 120 Å². The van der Waals surface area contributed by atoms with E-state index < -0.39 is 0 Å². The van der Waals surface area contributed by atoms with Gasteiger partial charge in [0, 0.05) is 45.1 Å². The normalized spacial score (nSPS) is 28.0. The van der Waals surface area contributed by atoms with Crippen LogP contribution in [0.2, 0.25) is 0 Å². The summed E-state index contributed by atoms with van der Waals surface area (Å²) in [4.78, 5) is 20.3. The molecular formula is C64H126N10O4+8. The van der Waals surface area contributed by atoms with Crippen molar-refractivity contribution in [2.75, 3.05) is 197 Å². The van der Waals surface area contributed by atoms with E-state index in [9.17, 15) is 14.7 Å². The number of likely N-dealkylation sites (tertiary alicyclic amines) is 3. The third-order valence-electron chi connectivity index (χ3n) is 16.5. The van der Waals surface area contributed by atoms with Gasteiger partial charge in [0.05, 0.1) is 196 Å². The number of hydrogen-bond donors (Lipinski definition) is 4. The third kappa shape index (κ3) is 33.3. The van der Waals surface area contributed by atoms with Gasteiger partial charge in [-0.15, -0.1) is 32.1 Å². The highest BCUT2D eigenvalue weighted by Crippen LogP contribution is 2.29. The topological polar surface area (TPSA) is 98.7 Å². The first kappa shape index (κ1) is 76.6. The fourth-order valence-electron chi connectivity index (χ4n) is 10.5. The fourth-order valence-corrected chi connectivity index (χ4v) is 10.5. The second-order valence-electron chi connectivity index (χ2n) is 27.7. The van der Waals surface area contributed by atoms with Crippen molar-refractivity contribution in [3.8, 4) is 61.7 Å². The van der Waals surface area contributed by atoms with E-state index in [1.807, 2.05) is 0 Å². The Morgan fingerprint density at radius 3 is 1.45 bits per heavy atom. The average molecular weight is 1100 g/mol. The number of aliphatic hydroxyl groups excluding tert-OH is 2. The molecule has 1 amide bonds. The molecule has 0 aromatic carbocycles. The number of ketones is 1. The van der Waals surface area contributed by atoms with Crippen molar-refractivity contribution in [3.63, 3.8) is 0 Å². The van der Waals surface area contributed by atoms with Gasteiger partial charge in [0.1, 0.15) is 31.0 Å². The van der Waals surface area contributed by atoms with Crippen LogP contribution in [0.1, 0.15) is 111 Å². The number of piperidine rings is 1. The van der Waals surface area contributed by atoms with Crippen LogP contribution < -0.4 is 10.7 Å². The van der Waals surface area contributed by atoms with E-state index in [-0.39, 0.29) is 12.2 Å². The van der Waals surface area contributed by atoms with Crippen LogP contribution in [0.3, 0.4) is 0 Å². The maximum absolute atomic E-state index is 10.5. The SMILES string of the molecule is C#CC[N+](C)(C)C1CC(O)C1.C#CC[N+]1(C)CCCCC1.C#CC[N+]1(C)CCCN1.C#C[C@@H]1CC[N+]1(C)CCC.C#C[C@H]1CC[N+]1(C)CCC.CC(=O)CCC[N+](C)(C)C.C[N+](C)(C)CCNC=O.C[N+](C)(C)[C@H]1CC[C@H]1O. The zero-order valence-corrected chi connectivity index (χ0v) is 54.0. The van der Waals surface area contributed by atoms with Gasteiger partial charge in [-0.05, 0) is 75.1 Å². The number of amides is 1. The van der Waals surface area contributed by atoms with E-state index in [1.165, 1.54) is 104 Å². The molecule has 4 saturated heterocycles. The summed E-state index contributed by atoms with van der Waals surface area (Å²) >= 11 is 0. The Bertz CT molecular complexity index is 1830. The number of nitrogens with one attached hydrogen (secondary N) is 2. The first-order valence-corrected chi connectivity index (χ1v) is 29.7. The van der Waals surface area contributed by atoms with Crippen LogP contribution in [-0.4, -0.2) is 292 Å². The van der Waals surface area contributed by atoms with E-state index >= 15 is 0 Å². The van der Waals surface area contributed by atoms with Gasteiger partial charge in [-0.1, -0.05) is 13.8 Å². The van der Waals surface area contributed by atoms with Gasteiger partial charge in [0.2, 0.25) is 6.41 Å². The number of hydrogen-bond acceptors (Lipinski definition) is 5. The lowest BCUT2D eigenvalue weighted by Gasteiger charge is -2.47. The van der Waals surface area contributed by atoms with Crippen molar-refractivity contribution < 1.29 is 55.8 Å². The predicted octanol–water partition coefficient (Wildman–Crippen LogP) is 4.66. The molecule has 14 nitrogen and oxygen atoms in total. The first-order chi connectivity index (χ1) is 36.0. The molecule has 0 aromatic heterocycles. The number of aliphatic hydroxyl groups is 2. The number of nitrogens with zero attached hydrogens (tertiary/aromatic N) is 8. The van der Waals surface area contributed by atoms with Crippen molar-refractivity contribution in [3.05, 3.63) is 0 Å². The summed E-state index contributed by atoms with van der Waals surface area (Å²) in [7, 11) is 32.2. The molecular weight excluding hydrogens is 973 g/mol. The molecule has 2 saturated carbocycles. The summed E-state index contributed by atoms with van der Waals surface area (Å²) in [6.45, 7) is 21.3. The van der Waals surface area contributed by atoms with E-state index in [0.29, 0.717) is 30.0 Å². The minimum atomic E-state index is -0.0739. The van der Waals surface area contributed by atoms with Gasteiger partial charge < -0.3 is 51.7 Å². The summed E-state index contributed by atoms with van der Waals surface area (Å²) in [5, 5.41) is 20.9. The highest BCUT2D eigenvalue weighted by atomic mass is 16.3. The van der Waals surface area contributed by atoms with Crippen molar-refractivity contribution >= 4 is 12.2 Å². The molecule has 4 N–H and O–H groups in total. The number of carbonyl (C=O) groups is 2. The van der Waals surface area contributed by atoms with Gasteiger partial charge in [0.25, 0.3) is 0 Å². The van der Waals surface area contributed by atoms with Gasteiger partial charge in [-0.25, -0.2) is 4.59 Å². The molecule has 7 atom stereocenters. The molecule has 0 spiro atoms. The van der Waals surface area contributed by atoms with Crippen molar-refractivity contribution in [1.82, 2.24) is 10.7 Å². The maximum atomic E-state index is 10.5. The monoisotopic (exact) mass is 1100 g/mol. The number of carbonyl (C=O) groups excluding carboxylic acids is 2. The Labute approximate surface area is 482 Å². The number of quaternary nitrogens is 8. The van der Waals surface area contributed by atoms with E-state index in [2.05, 4.69) is 160 Å². The average Bonchev–Trinajstić information content (AvgIpc) is 3.73. The smallest absolute Gasteiger partial charge is 0.207 e. The second-order valence-corrected chi connectivity index (χ2v) is 27.7. The van der Waals surface area contributed by atoms with Crippen LogP contribution in [-0.2, 0) is 9.59 Å². The van der Waals surface area contributed by atoms with E-state index in [1.54, 1.807) is 6.92 Å². The molecule has 6 rings (SSSR count). The molecule has 3 unspecified atom stereocenters. The van der Waals surface area contributed by atoms with Crippen molar-refractivity contribution in [2.45, 2.75) is 147 Å². The van der Waals surface area contributed by atoms with Crippen LogP contribution in [0.25, 0.3) is 0 Å². The molecule has 0 bridgehead atoms. The molecule has 6 fully saturated rings. The molecule has 6 aliphatic rings. The zero-order valence-electron chi connectivity index (χ0n) is 54.0. The number of Topliss-reactive ketones (excluding diaryl/α,β-unsaturated/α-hetero) is 1. The van der Waals surface area contributed by atoms with E-state index in [4.69, 9.17) is 37.2 Å². The van der Waals surface area contributed by atoms with Gasteiger partial charge in [0.15, 0.2) is 18.6 Å². The highest BCUT2D eigenvalue weighted by Gasteiger charge is 2.42. The fraction of sp³-hybridized carbons (Fsp3) is 0.812. The Hall–Kier alpha value is -3.50. The zero-order chi connectivity index (χ0) is 60.5. The summed E-state index contributed by atoms with van der Waals surface area (Å²) in [6.07, 6.45) is 43.1. The third-order valence-corrected chi connectivity index (χ3v) is 16.5. The van der Waals surface area contributed by atoms with Gasteiger partial charge >= 0.3 is 0 Å². The lowest BCUT2D eigenvalue weighted by molar-refractivity contribution is -0.963.